The zero-order valence-corrected chi connectivity index (χ0v) is 11.2. The number of para-hydroxylation sites is 1. The highest BCUT2D eigenvalue weighted by molar-refractivity contribution is 6.18. The Bertz CT molecular complexity index is 409. The fourth-order valence-electron chi connectivity index (χ4n) is 2.31. The zero-order valence-electron chi connectivity index (χ0n) is 10.5. The van der Waals surface area contributed by atoms with Crippen molar-refractivity contribution in [2.45, 2.75) is 19.3 Å². The Morgan fingerprint density at radius 3 is 3.06 bits per heavy atom. The van der Waals surface area contributed by atoms with Crippen molar-refractivity contribution in [3.8, 4) is 0 Å². The summed E-state index contributed by atoms with van der Waals surface area (Å²) in [7, 11) is 0. The SMILES string of the molecule is O=C(CCCl)NCCCN1CCc2ccccc21. The molecule has 18 heavy (non-hydrogen) atoms. The topological polar surface area (TPSA) is 32.3 Å². The average molecular weight is 267 g/mol. The van der Waals surface area contributed by atoms with Crippen molar-refractivity contribution in [1.82, 2.24) is 5.32 Å². The molecule has 98 valence electrons. The Balaban J connectivity index is 1.71. The van der Waals surface area contributed by atoms with Gasteiger partial charge < -0.3 is 10.2 Å². The summed E-state index contributed by atoms with van der Waals surface area (Å²) in [6, 6.07) is 8.54. The smallest absolute Gasteiger partial charge is 0.221 e. The van der Waals surface area contributed by atoms with Crippen LogP contribution in [0.5, 0.6) is 0 Å². The first-order chi connectivity index (χ1) is 8.81. The summed E-state index contributed by atoms with van der Waals surface area (Å²) < 4.78 is 0. The number of amides is 1. The van der Waals surface area contributed by atoms with Crippen molar-refractivity contribution in [3.63, 3.8) is 0 Å². The van der Waals surface area contributed by atoms with Crippen LogP contribution in [0.15, 0.2) is 24.3 Å². The van der Waals surface area contributed by atoms with E-state index >= 15 is 0 Å². The number of fused-ring (bicyclic) bond motifs is 1. The number of rotatable bonds is 6. The predicted octanol–water partition coefficient (Wildman–Crippen LogP) is 2.18. The van der Waals surface area contributed by atoms with Crippen LogP contribution in [0, 0.1) is 0 Å². The molecule has 0 fully saturated rings. The molecule has 1 N–H and O–H groups in total. The lowest BCUT2D eigenvalue weighted by Gasteiger charge is -2.19. The maximum Gasteiger partial charge on any atom is 0.221 e. The molecule has 0 aliphatic carbocycles. The summed E-state index contributed by atoms with van der Waals surface area (Å²) in [5, 5.41) is 2.88. The number of halogens is 1. The fraction of sp³-hybridized carbons (Fsp3) is 0.500. The maximum absolute atomic E-state index is 11.2. The molecule has 0 atom stereocenters. The number of nitrogens with one attached hydrogen (secondary N) is 1. The first kappa shape index (κ1) is 13.2. The molecule has 3 nitrogen and oxygen atoms in total. The Morgan fingerprint density at radius 1 is 1.39 bits per heavy atom. The van der Waals surface area contributed by atoms with Gasteiger partial charge >= 0.3 is 0 Å². The Labute approximate surface area is 113 Å². The molecular weight excluding hydrogens is 248 g/mol. The lowest BCUT2D eigenvalue weighted by Crippen LogP contribution is -2.29. The van der Waals surface area contributed by atoms with E-state index in [1.54, 1.807) is 0 Å². The third-order valence-electron chi connectivity index (χ3n) is 3.23. The van der Waals surface area contributed by atoms with Crippen LogP contribution in [0.4, 0.5) is 5.69 Å². The van der Waals surface area contributed by atoms with Gasteiger partial charge in [0.05, 0.1) is 0 Å². The molecule has 1 aliphatic rings. The van der Waals surface area contributed by atoms with Crippen LogP contribution in [-0.2, 0) is 11.2 Å². The van der Waals surface area contributed by atoms with Gasteiger partial charge in [-0.2, -0.15) is 0 Å². The predicted molar refractivity (Wildman–Crippen MR) is 75.3 cm³/mol. The van der Waals surface area contributed by atoms with Gasteiger partial charge in [-0.25, -0.2) is 0 Å². The van der Waals surface area contributed by atoms with Gasteiger partial charge in [-0.1, -0.05) is 18.2 Å². The molecule has 0 aromatic heterocycles. The summed E-state index contributed by atoms with van der Waals surface area (Å²) in [5.41, 5.74) is 2.79. The summed E-state index contributed by atoms with van der Waals surface area (Å²) in [6.07, 6.45) is 2.52. The van der Waals surface area contributed by atoms with E-state index in [-0.39, 0.29) is 5.91 Å². The van der Waals surface area contributed by atoms with Crippen LogP contribution in [0.25, 0.3) is 0 Å². The van der Waals surface area contributed by atoms with E-state index in [1.807, 2.05) is 0 Å². The van der Waals surface area contributed by atoms with Gasteiger partial charge in [-0.15, -0.1) is 11.6 Å². The summed E-state index contributed by atoms with van der Waals surface area (Å²) in [4.78, 5) is 13.6. The van der Waals surface area contributed by atoms with E-state index in [2.05, 4.69) is 34.5 Å². The van der Waals surface area contributed by atoms with Crippen LogP contribution >= 0.6 is 11.6 Å². The van der Waals surface area contributed by atoms with Gasteiger partial charge in [0.25, 0.3) is 0 Å². The van der Waals surface area contributed by atoms with Gasteiger partial charge in [0.2, 0.25) is 5.91 Å². The second-order valence-electron chi connectivity index (χ2n) is 4.51. The number of anilines is 1. The van der Waals surface area contributed by atoms with E-state index < -0.39 is 0 Å². The summed E-state index contributed by atoms with van der Waals surface area (Å²) >= 11 is 5.50. The summed E-state index contributed by atoms with van der Waals surface area (Å²) in [5.74, 6) is 0.442. The van der Waals surface area contributed by atoms with Gasteiger partial charge in [-0.3, -0.25) is 4.79 Å². The highest BCUT2D eigenvalue weighted by atomic mass is 35.5. The van der Waals surface area contributed by atoms with E-state index in [4.69, 9.17) is 11.6 Å². The Morgan fingerprint density at radius 2 is 2.22 bits per heavy atom. The molecule has 1 aromatic rings. The van der Waals surface area contributed by atoms with Crippen LogP contribution in [0.3, 0.4) is 0 Å². The van der Waals surface area contributed by atoms with Crippen LogP contribution in [0.2, 0.25) is 0 Å². The lowest BCUT2D eigenvalue weighted by atomic mass is 10.2. The standard InChI is InChI=1S/C14H19ClN2O/c15-8-6-14(18)16-9-3-10-17-11-7-12-4-1-2-5-13(12)17/h1-2,4-5H,3,6-11H2,(H,16,18). The molecule has 2 rings (SSSR count). The Hall–Kier alpha value is -1.22. The summed E-state index contributed by atoms with van der Waals surface area (Å²) in [6.45, 7) is 2.82. The number of alkyl halides is 1. The number of carbonyl (C=O) groups excluding carboxylic acids is 1. The minimum atomic E-state index is 0.0480. The minimum absolute atomic E-state index is 0.0480. The number of hydrogen-bond acceptors (Lipinski definition) is 2. The van der Waals surface area contributed by atoms with E-state index in [1.165, 1.54) is 11.3 Å². The normalized spacial score (nSPS) is 13.5. The molecule has 0 saturated heterocycles. The molecule has 1 amide bonds. The zero-order chi connectivity index (χ0) is 12.8. The first-order valence-corrected chi connectivity index (χ1v) is 7.00. The molecule has 1 aliphatic heterocycles. The molecular formula is C14H19ClN2O. The van der Waals surface area contributed by atoms with Crippen LogP contribution in [-0.4, -0.2) is 31.4 Å². The quantitative estimate of drug-likeness (QED) is 0.632. The van der Waals surface area contributed by atoms with Crippen molar-refractivity contribution >= 4 is 23.2 Å². The van der Waals surface area contributed by atoms with Gasteiger partial charge in [0.15, 0.2) is 0 Å². The second kappa shape index (κ2) is 6.64. The highest BCUT2D eigenvalue weighted by Gasteiger charge is 2.17. The third kappa shape index (κ3) is 3.39. The van der Waals surface area contributed by atoms with Crippen molar-refractivity contribution in [2.75, 3.05) is 30.4 Å². The molecule has 0 unspecified atom stereocenters. The molecule has 1 aromatic carbocycles. The van der Waals surface area contributed by atoms with E-state index in [9.17, 15) is 4.79 Å². The Kier molecular flexibility index (Phi) is 4.88. The minimum Gasteiger partial charge on any atom is -0.371 e. The van der Waals surface area contributed by atoms with Gasteiger partial charge in [-0.05, 0) is 24.5 Å². The van der Waals surface area contributed by atoms with E-state index in [0.29, 0.717) is 12.3 Å². The highest BCUT2D eigenvalue weighted by Crippen LogP contribution is 2.27. The van der Waals surface area contributed by atoms with Crippen LogP contribution in [0.1, 0.15) is 18.4 Å². The average Bonchev–Trinajstić information content (AvgIpc) is 2.78. The third-order valence-corrected chi connectivity index (χ3v) is 3.42. The number of nitrogens with zero attached hydrogens (tertiary/aromatic N) is 1. The van der Waals surface area contributed by atoms with Gasteiger partial charge in [0.1, 0.15) is 0 Å². The molecule has 1 heterocycles. The lowest BCUT2D eigenvalue weighted by molar-refractivity contribution is -0.120. The van der Waals surface area contributed by atoms with Crippen molar-refractivity contribution < 1.29 is 4.79 Å². The van der Waals surface area contributed by atoms with Gasteiger partial charge in [0, 0.05) is 37.6 Å². The maximum atomic E-state index is 11.2. The number of hydrogen-bond donors (Lipinski definition) is 1. The first-order valence-electron chi connectivity index (χ1n) is 6.47. The number of carbonyl (C=O) groups is 1. The molecule has 0 saturated carbocycles. The largest absolute Gasteiger partial charge is 0.371 e. The molecule has 0 radical (unpaired) electrons. The fourth-order valence-corrected chi connectivity index (χ4v) is 2.48. The van der Waals surface area contributed by atoms with Crippen LogP contribution < -0.4 is 10.2 Å². The molecule has 4 heteroatoms. The van der Waals surface area contributed by atoms with Crippen molar-refractivity contribution in [2.24, 2.45) is 0 Å². The monoisotopic (exact) mass is 266 g/mol. The second-order valence-corrected chi connectivity index (χ2v) is 4.89. The molecule has 0 bridgehead atoms. The van der Waals surface area contributed by atoms with E-state index in [0.717, 1.165) is 32.5 Å². The molecule has 0 spiro atoms. The number of benzene rings is 1. The van der Waals surface area contributed by atoms with Crippen molar-refractivity contribution in [3.05, 3.63) is 29.8 Å². The van der Waals surface area contributed by atoms with Crippen molar-refractivity contribution in [1.29, 1.82) is 0 Å².